The first-order chi connectivity index (χ1) is 10.1. The maximum atomic E-state index is 12.0. The smallest absolute Gasteiger partial charge is 0.221 e. The third-order valence-electron chi connectivity index (χ3n) is 2.70. The average Bonchev–Trinajstić information content (AvgIpc) is 2.45. The highest BCUT2D eigenvalue weighted by atomic mass is 35.5. The van der Waals surface area contributed by atoms with Gasteiger partial charge in [-0.25, -0.2) is 0 Å². The molecule has 0 aliphatic carbocycles. The highest BCUT2D eigenvalue weighted by Gasteiger charge is 2.10. The van der Waals surface area contributed by atoms with Crippen molar-refractivity contribution in [1.82, 2.24) is 0 Å². The quantitative estimate of drug-likeness (QED) is 0.859. The number of para-hydroxylation sites is 2. The van der Waals surface area contributed by atoms with Gasteiger partial charge in [-0.15, -0.1) is 0 Å². The van der Waals surface area contributed by atoms with Crippen LogP contribution in [0.5, 0.6) is 5.75 Å². The Labute approximate surface area is 127 Å². The third kappa shape index (κ3) is 4.33. The molecule has 4 nitrogen and oxygen atoms in total. The van der Waals surface area contributed by atoms with E-state index in [0.717, 1.165) is 0 Å². The molecule has 0 unspecified atom stereocenters. The lowest BCUT2D eigenvalue weighted by Gasteiger charge is -2.11. The minimum Gasteiger partial charge on any atom is -0.483 e. The average molecular weight is 304 g/mol. The van der Waals surface area contributed by atoms with Gasteiger partial charge in [-0.3, -0.25) is 9.59 Å². The Hall–Kier alpha value is -2.33. The van der Waals surface area contributed by atoms with Crippen LogP contribution >= 0.6 is 11.6 Å². The molecule has 0 aliphatic rings. The van der Waals surface area contributed by atoms with Gasteiger partial charge in [-0.1, -0.05) is 35.9 Å². The van der Waals surface area contributed by atoms with E-state index in [0.29, 0.717) is 22.0 Å². The lowest BCUT2D eigenvalue weighted by atomic mass is 10.1. The number of carbonyl (C=O) groups excluding carboxylic acids is 2. The molecule has 0 heterocycles. The molecule has 108 valence electrons. The van der Waals surface area contributed by atoms with Crippen molar-refractivity contribution in [1.29, 1.82) is 0 Å². The number of ketones is 1. The molecule has 0 aromatic heterocycles. The molecule has 2 aromatic rings. The van der Waals surface area contributed by atoms with Gasteiger partial charge in [0.05, 0.1) is 5.69 Å². The Bertz CT molecular complexity index is 670. The number of amides is 1. The summed E-state index contributed by atoms with van der Waals surface area (Å²) < 4.78 is 5.49. The summed E-state index contributed by atoms with van der Waals surface area (Å²) in [5.74, 6) is 0.0606. The monoisotopic (exact) mass is 303 g/mol. The van der Waals surface area contributed by atoms with Crippen LogP contribution in [0.2, 0.25) is 5.02 Å². The van der Waals surface area contributed by atoms with Gasteiger partial charge in [0, 0.05) is 17.5 Å². The first-order valence-corrected chi connectivity index (χ1v) is 6.72. The fourth-order valence-corrected chi connectivity index (χ4v) is 1.96. The summed E-state index contributed by atoms with van der Waals surface area (Å²) in [5.41, 5.74) is 1.02. The summed E-state index contributed by atoms with van der Waals surface area (Å²) in [5, 5.41) is 3.15. The summed E-state index contributed by atoms with van der Waals surface area (Å²) in [6.45, 7) is 1.28. The number of carbonyl (C=O) groups is 2. The van der Waals surface area contributed by atoms with Crippen LogP contribution in [0.1, 0.15) is 17.3 Å². The topological polar surface area (TPSA) is 55.4 Å². The number of benzene rings is 2. The van der Waals surface area contributed by atoms with E-state index in [-0.39, 0.29) is 18.3 Å². The number of ether oxygens (including phenoxy) is 1. The molecule has 1 N–H and O–H groups in total. The zero-order chi connectivity index (χ0) is 15.2. The van der Waals surface area contributed by atoms with Crippen LogP contribution in [0.15, 0.2) is 48.5 Å². The molecule has 0 aliphatic heterocycles. The minimum absolute atomic E-state index is 0.128. The molecule has 0 saturated heterocycles. The van der Waals surface area contributed by atoms with E-state index in [9.17, 15) is 9.59 Å². The second-order valence-corrected chi connectivity index (χ2v) is 4.84. The van der Waals surface area contributed by atoms with Crippen LogP contribution in [0.3, 0.4) is 0 Å². The van der Waals surface area contributed by atoms with E-state index in [4.69, 9.17) is 16.3 Å². The standard InChI is InChI=1S/C16H14ClNO3/c1-11(19)18-14-7-2-3-8-16(14)21-10-15(20)12-5-4-6-13(17)9-12/h2-9H,10H2,1H3,(H,18,19). The number of hydrogen-bond acceptors (Lipinski definition) is 3. The van der Waals surface area contributed by atoms with Gasteiger partial charge in [-0.2, -0.15) is 0 Å². The van der Waals surface area contributed by atoms with Gasteiger partial charge >= 0.3 is 0 Å². The summed E-state index contributed by atoms with van der Waals surface area (Å²) >= 11 is 5.85. The van der Waals surface area contributed by atoms with Crippen LogP contribution in [-0.4, -0.2) is 18.3 Å². The molecule has 2 aromatic carbocycles. The molecule has 2 rings (SSSR count). The molecule has 1 amide bonds. The van der Waals surface area contributed by atoms with Crippen LogP contribution in [0, 0.1) is 0 Å². The highest BCUT2D eigenvalue weighted by Crippen LogP contribution is 2.24. The van der Waals surface area contributed by atoms with Crippen molar-refractivity contribution in [3.05, 3.63) is 59.1 Å². The molecule has 0 fully saturated rings. The summed E-state index contributed by atoms with van der Waals surface area (Å²) in [6, 6.07) is 13.6. The Morgan fingerprint density at radius 2 is 1.90 bits per heavy atom. The molecule has 0 saturated carbocycles. The van der Waals surface area contributed by atoms with E-state index in [1.807, 2.05) is 0 Å². The van der Waals surface area contributed by atoms with E-state index < -0.39 is 0 Å². The zero-order valence-electron chi connectivity index (χ0n) is 11.4. The van der Waals surface area contributed by atoms with Gasteiger partial charge in [0.2, 0.25) is 5.91 Å². The fraction of sp³-hybridized carbons (Fsp3) is 0.125. The first-order valence-electron chi connectivity index (χ1n) is 6.34. The Kier molecular flexibility index (Phi) is 4.95. The van der Waals surface area contributed by atoms with Crippen LogP contribution in [0.25, 0.3) is 0 Å². The van der Waals surface area contributed by atoms with Crippen LogP contribution in [0.4, 0.5) is 5.69 Å². The molecule has 0 radical (unpaired) electrons. The van der Waals surface area contributed by atoms with Gasteiger partial charge in [0.15, 0.2) is 12.4 Å². The van der Waals surface area contributed by atoms with E-state index >= 15 is 0 Å². The predicted octanol–water partition coefficient (Wildman–Crippen LogP) is 3.56. The molecule has 0 atom stereocenters. The van der Waals surface area contributed by atoms with Crippen molar-refractivity contribution in [3.8, 4) is 5.75 Å². The Morgan fingerprint density at radius 1 is 1.14 bits per heavy atom. The maximum Gasteiger partial charge on any atom is 0.221 e. The zero-order valence-corrected chi connectivity index (χ0v) is 12.2. The predicted molar refractivity (Wildman–Crippen MR) is 82.0 cm³/mol. The van der Waals surface area contributed by atoms with Crippen molar-refractivity contribution >= 4 is 29.0 Å². The largest absolute Gasteiger partial charge is 0.483 e. The third-order valence-corrected chi connectivity index (χ3v) is 2.94. The Morgan fingerprint density at radius 3 is 2.62 bits per heavy atom. The molecule has 0 bridgehead atoms. The van der Waals surface area contributed by atoms with E-state index in [1.54, 1.807) is 48.5 Å². The van der Waals surface area contributed by atoms with Gasteiger partial charge < -0.3 is 10.1 Å². The minimum atomic E-state index is -0.202. The molecular formula is C16H14ClNO3. The van der Waals surface area contributed by atoms with Crippen molar-refractivity contribution in [2.24, 2.45) is 0 Å². The molecular weight excluding hydrogens is 290 g/mol. The fourth-order valence-electron chi connectivity index (χ4n) is 1.77. The number of nitrogens with one attached hydrogen (secondary N) is 1. The summed E-state index contributed by atoms with van der Waals surface area (Å²) in [4.78, 5) is 23.1. The van der Waals surface area contributed by atoms with Gasteiger partial charge in [0.25, 0.3) is 0 Å². The molecule has 0 spiro atoms. The second-order valence-electron chi connectivity index (χ2n) is 4.40. The van der Waals surface area contributed by atoms with Crippen molar-refractivity contribution in [2.75, 3.05) is 11.9 Å². The van der Waals surface area contributed by atoms with E-state index in [2.05, 4.69) is 5.32 Å². The van der Waals surface area contributed by atoms with E-state index in [1.165, 1.54) is 6.92 Å². The van der Waals surface area contributed by atoms with Crippen LogP contribution in [-0.2, 0) is 4.79 Å². The van der Waals surface area contributed by atoms with Crippen molar-refractivity contribution in [3.63, 3.8) is 0 Å². The van der Waals surface area contributed by atoms with Crippen LogP contribution < -0.4 is 10.1 Å². The normalized spacial score (nSPS) is 10.0. The maximum absolute atomic E-state index is 12.0. The van der Waals surface area contributed by atoms with Gasteiger partial charge in [0.1, 0.15) is 5.75 Å². The number of hydrogen-bond donors (Lipinski definition) is 1. The lowest BCUT2D eigenvalue weighted by Crippen LogP contribution is -2.13. The summed E-state index contributed by atoms with van der Waals surface area (Å²) in [6.07, 6.45) is 0. The number of halogens is 1. The summed E-state index contributed by atoms with van der Waals surface area (Å²) in [7, 11) is 0. The first kappa shape index (κ1) is 15.1. The number of Topliss-reactive ketones (excluding diaryl/α,β-unsaturated/α-hetero) is 1. The lowest BCUT2D eigenvalue weighted by molar-refractivity contribution is -0.114. The van der Waals surface area contributed by atoms with Crippen molar-refractivity contribution < 1.29 is 14.3 Å². The number of rotatable bonds is 5. The molecule has 21 heavy (non-hydrogen) atoms. The Balaban J connectivity index is 2.06. The second kappa shape index (κ2) is 6.90. The molecule has 5 heteroatoms. The number of anilines is 1. The highest BCUT2D eigenvalue weighted by molar-refractivity contribution is 6.31. The van der Waals surface area contributed by atoms with Crippen molar-refractivity contribution in [2.45, 2.75) is 6.92 Å². The SMILES string of the molecule is CC(=O)Nc1ccccc1OCC(=O)c1cccc(Cl)c1. The van der Waals surface area contributed by atoms with Gasteiger partial charge in [-0.05, 0) is 24.3 Å².